The van der Waals surface area contributed by atoms with E-state index in [9.17, 15) is 5.11 Å². The average molecular weight is 217 g/mol. The van der Waals surface area contributed by atoms with Gasteiger partial charge in [0.1, 0.15) is 5.75 Å². The first-order valence-corrected chi connectivity index (χ1v) is 6.29. The normalized spacial score (nSPS) is 31.4. The van der Waals surface area contributed by atoms with Crippen LogP contribution in [0.2, 0.25) is 0 Å². The number of phenolic OH excluding ortho intramolecular Hbond substituents is 1. The zero-order valence-electron chi connectivity index (χ0n) is 9.74. The third-order valence-corrected chi connectivity index (χ3v) is 4.11. The first-order chi connectivity index (χ1) is 7.74. The number of phenols is 1. The van der Waals surface area contributed by atoms with Crippen molar-refractivity contribution in [2.75, 3.05) is 6.54 Å². The lowest BCUT2D eigenvalue weighted by Gasteiger charge is -2.13. The van der Waals surface area contributed by atoms with Crippen LogP contribution in [0.15, 0.2) is 18.2 Å². The molecule has 0 amide bonds. The molecule has 1 fully saturated rings. The third-order valence-electron chi connectivity index (χ3n) is 4.11. The fourth-order valence-electron chi connectivity index (χ4n) is 2.79. The third kappa shape index (κ3) is 1.82. The van der Waals surface area contributed by atoms with E-state index in [1.807, 2.05) is 6.07 Å². The number of hydrogen-bond acceptors (Lipinski definition) is 2. The van der Waals surface area contributed by atoms with Gasteiger partial charge < -0.3 is 10.4 Å². The molecule has 0 aliphatic heterocycles. The summed E-state index contributed by atoms with van der Waals surface area (Å²) in [5, 5.41) is 13.1. The molecule has 3 unspecified atom stereocenters. The molecule has 1 aromatic rings. The van der Waals surface area contributed by atoms with Crippen LogP contribution in [0.25, 0.3) is 0 Å². The number of aromatic hydroxyl groups is 1. The number of rotatable bonds is 3. The molecule has 2 aliphatic carbocycles. The molecule has 0 spiro atoms. The van der Waals surface area contributed by atoms with Gasteiger partial charge in [-0.2, -0.15) is 0 Å². The number of aryl methyl sites for hydroxylation is 1. The van der Waals surface area contributed by atoms with E-state index in [1.54, 1.807) is 6.07 Å². The summed E-state index contributed by atoms with van der Waals surface area (Å²) in [7, 11) is 0. The smallest absolute Gasteiger partial charge is 0.115 e. The van der Waals surface area contributed by atoms with Crippen molar-refractivity contribution in [2.24, 2.45) is 11.8 Å². The quantitative estimate of drug-likeness (QED) is 0.815. The lowest BCUT2D eigenvalue weighted by atomic mass is 10.1. The highest BCUT2D eigenvalue weighted by Crippen LogP contribution is 2.39. The molecule has 1 aromatic carbocycles. The van der Waals surface area contributed by atoms with Gasteiger partial charge in [0.15, 0.2) is 0 Å². The van der Waals surface area contributed by atoms with Gasteiger partial charge in [-0.1, -0.05) is 13.0 Å². The van der Waals surface area contributed by atoms with Gasteiger partial charge in [-0.15, -0.1) is 0 Å². The summed E-state index contributed by atoms with van der Waals surface area (Å²) in [6.45, 7) is 3.49. The average Bonchev–Trinajstić information content (AvgIpc) is 2.83. The van der Waals surface area contributed by atoms with Crippen molar-refractivity contribution in [1.82, 2.24) is 5.32 Å². The van der Waals surface area contributed by atoms with Crippen LogP contribution in [-0.4, -0.2) is 11.7 Å². The number of fused-ring (bicyclic) bond motifs is 1. The van der Waals surface area contributed by atoms with Gasteiger partial charge in [-0.3, -0.25) is 0 Å². The van der Waals surface area contributed by atoms with Crippen molar-refractivity contribution in [3.8, 4) is 5.75 Å². The molecule has 0 bridgehead atoms. The number of hydrogen-bond donors (Lipinski definition) is 2. The first kappa shape index (κ1) is 10.2. The van der Waals surface area contributed by atoms with Crippen LogP contribution in [-0.2, 0) is 6.42 Å². The Bertz CT molecular complexity index is 402. The maximum atomic E-state index is 9.43. The highest BCUT2D eigenvalue weighted by atomic mass is 16.3. The largest absolute Gasteiger partial charge is 0.508 e. The summed E-state index contributed by atoms with van der Waals surface area (Å²) in [6.07, 6.45) is 3.67. The van der Waals surface area contributed by atoms with Crippen molar-refractivity contribution < 1.29 is 5.11 Å². The maximum Gasteiger partial charge on any atom is 0.115 e. The van der Waals surface area contributed by atoms with Crippen LogP contribution in [0.4, 0.5) is 0 Å². The van der Waals surface area contributed by atoms with Gasteiger partial charge in [0.05, 0.1) is 0 Å². The van der Waals surface area contributed by atoms with Gasteiger partial charge >= 0.3 is 0 Å². The molecule has 86 valence electrons. The fourth-order valence-corrected chi connectivity index (χ4v) is 2.79. The highest BCUT2D eigenvalue weighted by Gasteiger charge is 2.33. The van der Waals surface area contributed by atoms with E-state index in [0.29, 0.717) is 11.8 Å². The second-order valence-electron chi connectivity index (χ2n) is 5.36. The summed E-state index contributed by atoms with van der Waals surface area (Å²) < 4.78 is 0. The molecule has 1 saturated carbocycles. The zero-order chi connectivity index (χ0) is 11.1. The molecule has 3 rings (SSSR count). The Morgan fingerprint density at radius 1 is 1.44 bits per heavy atom. The molecule has 0 saturated heterocycles. The second kappa shape index (κ2) is 3.77. The molecule has 0 heterocycles. The Hall–Kier alpha value is -1.02. The SMILES string of the molecule is CC1CC1CNC1CCc2cc(O)ccc21. The summed E-state index contributed by atoms with van der Waals surface area (Å²) >= 11 is 0. The van der Waals surface area contributed by atoms with Crippen molar-refractivity contribution in [1.29, 1.82) is 0 Å². The van der Waals surface area contributed by atoms with Crippen LogP contribution in [0.1, 0.15) is 36.9 Å². The topological polar surface area (TPSA) is 32.3 Å². The molecule has 16 heavy (non-hydrogen) atoms. The molecule has 2 nitrogen and oxygen atoms in total. The Morgan fingerprint density at radius 3 is 3.00 bits per heavy atom. The molecule has 2 heteroatoms. The Morgan fingerprint density at radius 2 is 2.25 bits per heavy atom. The number of benzene rings is 1. The van der Waals surface area contributed by atoms with E-state index in [4.69, 9.17) is 0 Å². The van der Waals surface area contributed by atoms with Crippen molar-refractivity contribution in [3.05, 3.63) is 29.3 Å². The van der Waals surface area contributed by atoms with Gasteiger partial charge in [-0.05, 0) is 60.9 Å². The van der Waals surface area contributed by atoms with E-state index < -0.39 is 0 Å². The maximum absolute atomic E-state index is 9.43. The van der Waals surface area contributed by atoms with Gasteiger partial charge in [0.25, 0.3) is 0 Å². The lowest BCUT2D eigenvalue weighted by Crippen LogP contribution is -2.22. The highest BCUT2D eigenvalue weighted by molar-refractivity contribution is 5.40. The molecule has 3 atom stereocenters. The molecule has 2 aliphatic rings. The van der Waals surface area contributed by atoms with Crippen LogP contribution < -0.4 is 5.32 Å². The molecule has 0 aromatic heterocycles. The van der Waals surface area contributed by atoms with Crippen molar-refractivity contribution in [3.63, 3.8) is 0 Å². The van der Waals surface area contributed by atoms with Crippen molar-refractivity contribution >= 4 is 0 Å². The minimum absolute atomic E-state index is 0.398. The summed E-state index contributed by atoms with van der Waals surface area (Å²) in [6, 6.07) is 6.31. The Kier molecular flexibility index (Phi) is 2.40. The predicted molar refractivity (Wildman–Crippen MR) is 64.4 cm³/mol. The van der Waals surface area contributed by atoms with E-state index in [2.05, 4.69) is 18.3 Å². The zero-order valence-corrected chi connectivity index (χ0v) is 9.74. The predicted octanol–water partition coefficient (Wildman–Crippen LogP) is 2.63. The second-order valence-corrected chi connectivity index (χ2v) is 5.36. The van der Waals surface area contributed by atoms with Crippen LogP contribution in [0.3, 0.4) is 0 Å². The van der Waals surface area contributed by atoms with E-state index in [-0.39, 0.29) is 0 Å². The summed E-state index contributed by atoms with van der Waals surface area (Å²) in [5.41, 5.74) is 2.72. The minimum Gasteiger partial charge on any atom is -0.508 e. The standard InChI is InChI=1S/C14H19NO/c1-9-6-11(9)8-15-14-5-2-10-7-12(16)3-4-13(10)14/h3-4,7,9,11,14-16H,2,5-6,8H2,1H3. The first-order valence-electron chi connectivity index (χ1n) is 6.29. The monoisotopic (exact) mass is 217 g/mol. The minimum atomic E-state index is 0.398. The van der Waals surface area contributed by atoms with Crippen LogP contribution in [0, 0.1) is 11.8 Å². The Labute approximate surface area is 96.7 Å². The summed E-state index contributed by atoms with van der Waals surface area (Å²) in [5.74, 6) is 2.23. The molecule has 0 radical (unpaired) electrons. The molecule has 2 N–H and O–H groups in total. The molecular formula is C14H19NO. The van der Waals surface area contributed by atoms with Crippen LogP contribution >= 0.6 is 0 Å². The van der Waals surface area contributed by atoms with Gasteiger partial charge in [-0.25, -0.2) is 0 Å². The van der Waals surface area contributed by atoms with E-state index in [1.165, 1.54) is 24.0 Å². The van der Waals surface area contributed by atoms with Crippen molar-refractivity contribution in [2.45, 2.75) is 32.2 Å². The van der Waals surface area contributed by atoms with Gasteiger partial charge in [0, 0.05) is 6.04 Å². The van der Waals surface area contributed by atoms with E-state index in [0.717, 1.165) is 24.8 Å². The number of nitrogens with one attached hydrogen (secondary N) is 1. The molecular weight excluding hydrogens is 198 g/mol. The van der Waals surface area contributed by atoms with Crippen LogP contribution in [0.5, 0.6) is 5.75 Å². The lowest BCUT2D eigenvalue weighted by molar-refractivity contribution is 0.474. The Balaban J connectivity index is 1.66. The van der Waals surface area contributed by atoms with E-state index >= 15 is 0 Å². The fraction of sp³-hybridized carbons (Fsp3) is 0.571. The summed E-state index contributed by atoms with van der Waals surface area (Å²) in [4.78, 5) is 0. The van der Waals surface area contributed by atoms with Gasteiger partial charge in [0.2, 0.25) is 0 Å².